The van der Waals surface area contributed by atoms with Crippen molar-refractivity contribution in [2.75, 3.05) is 26.8 Å². The summed E-state index contributed by atoms with van der Waals surface area (Å²) in [5.74, 6) is 1.55. The van der Waals surface area contributed by atoms with Crippen molar-refractivity contribution >= 4 is 0 Å². The van der Waals surface area contributed by atoms with E-state index in [0.717, 1.165) is 30.2 Å². The van der Waals surface area contributed by atoms with Crippen LogP contribution >= 0.6 is 0 Å². The van der Waals surface area contributed by atoms with Crippen molar-refractivity contribution in [3.63, 3.8) is 0 Å². The van der Waals surface area contributed by atoms with Crippen molar-refractivity contribution in [2.45, 2.75) is 25.0 Å². The molecule has 1 aromatic carbocycles. The minimum absolute atomic E-state index is 0.0475. The maximum atomic E-state index is 10.2. The van der Waals surface area contributed by atoms with Crippen LogP contribution in [0, 0.1) is 0 Å². The fourth-order valence-electron chi connectivity index (χ4n) is 3.01. The average Bonchev–Trinajstić information content (AvgIpc) is 2.91. The van der Waals surface area contributed by atoms with Gasteiger partial charge in [-0.05, 0) is 32.0 Å². The molecular weight excluding hydrogens is 230 g/mol. The summed E-state index contributed by atoms with van der Waals surface area (Å²) in [6.07, 6.45) is 1.97. The molecule has 0 aromatic heterocycles. The zero-order valence-electron chi connectivity index (χ0n) is 10.6. The van der Waals surface area contributed by atoms with Gasteiger partial charge in [0.25, 0.3) is 0 Å². The molecule has 0 saturated carbocycles. The summed E-state index contributed by atoms with van der Waals surface area (Å²) in [6.45, 7) is 2.45. The number of ether oxygens (including phenoxy) is 2. The molecule has 0 spiro atoms. The fourth-order valence-corrected chi connectivity index (χ4v) is 3.01. The van der Waals surface area contributed by atoms with Gasteiger partial charge in [-0.2, -0.15) is 0 Å². The van der Waals surface area contributed by atoms with Gasteiger partial charge in [-0.1, -0.05) is 12.1 Å². The average molecular weight is 249 g/mol. The van der Waals surface area contributed by atoms with Crippen LogP contribution in [0.5, 0.6) is 11.5 Å². The van der Waals surface area contributed by atoms with Crippen molar-refractivity contribution < 1.29 is 14.6 Å². The Hall–Kier alpha value is -1.26. The van der Waals surface area contributed by atoms with E-state index in [2.05, 4.69) is 4.90 Å². The second kappa shape index (κ2) is 4.78. The van der Waals surface area contributed by atoms with Crippen molar-refractivity contribution in [1.29, 1.82) is 0 Å². The minimum Gasteiger partial charge on any atom is -0.493 e. The zero-order chi connectivity index (χ0) is 12.5. The topological polar surface area (TPSA) is 41.9 Å². The summed E-state index contributed by atoms with van der Waals surface area (Å²) in [6, 6.07) is 5.94. The number of para-hydroxylation sites is 1. The molecular formula is C14H19NO3. The molecule has 0 amide bonds. The summed E-state index contributed by atoms with van der Waals surface area (Å²) in [5, 5.41) is 10.2. The number of hydrogen-bond acceptors (Lipinski definition) is 4. The smallest absolute Gasteiger partial charge is 0.166 e. The molecule has 2 atom stereocenters. The number of rotatable bonds is 2. The largest absolute Gasteiger partial charge is 0.493 e. The standard InChI is InChI=1S/C14H19NO3/c1-17-12-6-4-5-10-13(15-7-2-3-8-15)11(16)9-18-14(10)12/h4-6,11,13,16H,2-3,7-9H2,1H3. The molecule has 0 aliphatic carbocycles. The summed E-state index contributed by atoms with van der Waals surface area (Å²) in [4.78, 5) is 2.35. The maximum absolute atomic E-state index is 10.2. The first kappa shape index (κ1) is 11.8. The third-order valence-corrected chi connectivity index (χ3v) is 3.84. The van der Waals surface area contributed by atoms with Crippen LogP contribution in [0.2, 0.25) is 0 Å². The first-order valence-corrected chi connectivity index (χ1v) is 6.53. The summed E-state index contributed by atoms with van der Waals surface area (Å²) >= 11 is 0. The predicted molar refractivity (Wildman–Crippen MR) is 68.0 cm³/mol. The molecule has 3 rings (SSSR count). The molecule has 18 heavy (non-hydrogen) atoms. The van der Waals surface area contributed by atoms with Crippen LogP contribution in [0.15, 0.2) is 18.2 Å². The second-order valence-corrected chi connectivity index (χ2v) is 4.94. The Balaban J connectivity index is 2.00. The zero-order valence-corrected chi connectivity index (χ0v) is 10.6. The van der Waals surface area contributed by atoms with Crippen molar-refractivity contribution in [3.05, 3.63) is 23.8 Å². The molecule has 4 heteroatoms. The van der Waals surface area contributed by atoms with Gasteiger partial charge in [-0.25, -0.2) is 0 Å². The van der Waals surface area contributed by atoms with Crippen LogP contribution < -0.4 is 9.47 Å². The molecule has 4 nitrogen and oxygen atoms in total. The summed E-state index contributed by atoms with van der Waals surface area (Å²) < 4.78 is 11.0. The predicted octanol–water partition coefficient (Wildman–Crippen LogP) is 1.59. The summed E-state index contributed by atoms with van der Waals surface area (Å²) in [5.41, 5.74) is 1.05. The van der Waals surface area contributed by atoms with E-state index in [1.807, 2.05) is 18.2 Å². The Morgan fingerprint density at radius 1 is 1.33 bits per heavy atom. The van der Waals surface area contributed by atoms with Gasteiger partial charge < -0.3 is 14.6 Å². The van der Waals surface area contributed by atoms with E-state index >= 15 is 0 Å². The molecule has 2 heterocycles. The molecule has 1 saturated heterocycles. The number of fused-ring (bicyclic) bond motifs is 1. The maximum Gasteiger partial charge on any atom is 0.166 e. The molecule has 2 aliphatic heterocycles. The lowest BCUT2D eigenvalue weighted by Gasteiger charge is -2.36. The molecule has 98 valence electrons. The number of hydrogen-bond donors (Lipinski definition) is 1. The Kier molecular flexibility index (Phi) is 3.14. The lowest BCUT2D eigenvalue weighted by Crippen LogP contribution is -2.41. The Labute approximate surface area is 107 Å². The van der Waals surface area contributed by atoms with Crippen LogP contribution in [-0.2, 0) is 0 Å². The highest BCUT2D eigenvalue weighted by Crippen LogP contribution is 2.42. The van der Waals surface area contributed by atoms with Crippen molar-refractivity contribution in [2.24, 2.45) is 0 Å². The number of likely N-dealkylation sites (tertiary alicyclic amines) is 1. The van der Waals surface area contributed by atoms with Gasteiger partial charge in [0.1, 0.15) is 12.7 Å². The molecule has 0 bridgehead atoms. The molecule has 1 fully saturated rings. The van der Waals surface area contributed by atoms with Crippen molar-refractivity contribution in [1.82, 2.24) is 4.90 Å². The van der Waals surface area contributed by atoms with Crippen LogP contribution in [-0.4, -0.2) is 42.9 Å². The molecule has 2 unspecified atom stereocenters. The van der Waals surface area contributed by atoms with Crippen molar-refractivity contribution in [3.8, 4) is 11.5 Å². The monoisotopic (exact) mass is 249 g/mol. The van der Waals surface area contributed by atoms with E-state index in [1.165, 1.54) is 12.8 Å². The molecule has 1 aromatic rings. The quantitative estimate of drug-likeness (QED) is 0.864. The van der Waals surface area contributed by atoms with E-state index in [0.29, 0.717) is 6.61 Å². The first-order chi connectivity index (χ1) is 8.81. The highest BCUT2D eigenvalue weighted by atomic mass is 16.5. The number of nitrogens with zero attached hydrogens (tertiary/aromatic N) is 1. The molecule has 1 N–H and O–H groups in total. The van der Waals surface area contributed by atoms with Crippen LogP contribution in [0.25, 0.3) is 0 Å². The normalized spacial score (nSPS) is 27.7. The van der Waals surface area contributed by atoms with Crippen LogP contribution in [0.4, 0.5) is 0 Å². The third kappa shape index (κ3) is 1.85. The van der Waals surface area contributed by atoms with Gasteiger partial charge in [-0.15, -0.1) is 0 Å². The van der Waals surface area contributed by atoms with E-state index in [1.54, 1.807) is 7.11 Å². The van der Waals surface area contributed by atoms with Gasteiger partial charge in [0.15, 0.2) is 11.5 Å². The van der Waals surface area contributed by atoms with Gasteiger partial charge in [0.2, 0.25) is 0 Å². The fraction of sp³-hybridized carbons (Fsp3) is 0.571. The number of methoxy groups -OCH3 is 1. The first-order valence-electron chi connectivity index (χ1n) is 6.53. The van der Waals surface area contributed by atoms with Crippen LogP contribution in [0.3, 0.4) is 0 Å². The lowest BCUT2D eigenvalue weighted by atomic mass is 9.96. The number of benzene rings is 1. The highest BCUT2D eigenvalue weighted by Gasteiger charge is 2.36. The summed E-state index contributed by atoms with van der Waals surface area (Å²) in [7, 11) is 1.65. The van der Waals surface area contributed by atoms with E-state index < -0.39 is 6.10 Å². The minimum atomic E-state index is -0.456. The lowest BCUT2D eigenvalue weighted by molar-refractivity contribution is 0.00765. The third-order valence-electron chi connectivity index (χ3n) is 3.84. The molecule has 2 aliphatic rings. The Morgan fingerprint density at radius 2 is 2.11 bits per heavy atom. The van der Waals surface area contributed by atoms with Gasteiger partial charge in [0.05, 0.1) is 13.2 Å². The van der Waals surface area contributed by atoms with Gasteiger partial charge in [-0.3, -0.25) is 4.90 Å². The van der Waals surface area contributed by atoms with E-state index in [4.69, 9.17) is 9.47 Å². The SMILES string of the molecule is COc1cccc2c1OCC(O)C2N1CCCC1. The second-order valence-electron chi connectivity index (χ2n) is 4.94. The van der Waals surface area contributed by atoms with Gasteiger partial charge in [0, 0.05) is 5.56 Å². The van der Waals surface area contributed by atoms with E-state index in [-0.39, 0.29) is 6.04 Å². The van der Waals surface area contributed by atoms with E-state index in [9.17, 15) is 5.11 Å². The Bertz CT molecular complexity index is 429. The number of aliphatic hydroxyl groups is 1. The number of aliphatic hydroxyl groups excluding tert-OH is 1. The Morgan fingerprint density at radius 3 is 2.83 bits per heavy atom. The molecule has 0 radical (unpaired) electrons. The van der Waals surface area contributed by atoms with Gasteiger partial charge >= 0.3 is 0 Å². The van der Waals surface area contributed by atoms with Crippen LogP contribution in [0.1, 0.15) is 24.4 Å². The highest BCUT2D eigenvalue weighted by molar-refractivity contribution is 5.49.